The summed E-state index contributed by atoms with van der Waals surface area (Å²) in [6, 6.07) is 3.37. The van der Waals surface area contributed by atoms with Crippen LogP contribution in [0.2, 0.25) is 4.34 Å². The average molecular weight is 329 g/mol. The maximum absolute atomic E-state index is 11.8. The molecule has 2 heterocycles. The molecular formula is C13H13ClN2O2S2. The smallest absolute Gasteiger partial charge is 0.220 e. The fourth-order valence-corrected chi connectivity index (χ4v) is 3.28. The number of Topliss-reactive ketones (excluding diaryl/α,β-unsaturated/α-hetero) is 1. The summed E-state index contributed by atoms with van der Waals surface area (Å²) < 4.78 is 0.581. The van der Waals surface area contributed by atoms with E-state index in [0.29, 0.717) is 15.8 Å². The number of carbonyl (C=O) groups is 2. The molecule has 0 saturated heterocycles. The molecule has 0 spiro atoms. The SMILES string of the molecule is Cc1csc(CNC(=O)CCC(=O)c2ccc(Cl)s2)n1. The van der Waals surface area contributed by atoms with Crippen LogP contribution in [0.15, 0.2) is 17.5 Å². The van der Waals surface area contributed by atoms with Gasteiger partial charge in [0, 0.05) is 23.9 Å². The Morgan fingerprint density at radius 1 is 1.35 bits per heavy atom. The van der Waals surface area contributed by atoms with E-state index in [9.17, 15) is 9.59 Å². The van der Waals surface area contributed by atoms with Crippen LogP contribution in [0.5, 0.6) is 0 Å². The van der Waals surface area contributed by atoms with Crippen molar-refractivity contribution in [1.29, 1.82) is 0 Å². The van der Waals surface area contributed by atoms with Crippen LogP contribution in [-0.4, -0.2) is 16.7 Å². The van der Waals surface area contributed by atoms with Crippen LogP contribution in [0.4, 0.5) is 0 Å². The van der Waals surface area contributed by atoms with Gasteiger partial charge in [0.25, 0.3) is 0 Å². The second kappa shape index (κ2) is 6.97. The summed E-state index contributed by atoms with van der Waals surface area (Å²) in [4.78, 5) is 28.3. The molecule has 0 aliphatic rings. The van der Waals surface area contributed by atoms with E-state index in [1.54, 1.807) is 12.1 Å². The number of nitrogens with zero attached hydrogens (tertiary/aromatic N) is 1. The maximum atomic E-state index is 11.8. The number of hydrogen-bond donors (Lipinski definition) is 1. The summed E-state index contributed by atoms with van der Waals surface area (Å²) >= 11 is 8.51. The highest BCUT2D eigenvalue weighted by molar-refractivity contribution is 7.18. The third kappa shape index (κ3) is 4.40. The summed E-state index contributed by atoms with van der Waals surface area (Å²) in [5.74, 6) is -0.198. The molecule has 0 atom stereocenters. The molecule has 106 valence electrons. The van der Waals surface area contributed by atoms with E-state index in [2.05, 4.69) is 10.3 Å². The molecule has 0 saturated carbocycles. The highest BCUT2D eigenvalue weighted by Gasteiger charge is 2.11. The molecule has 2 aromatic rings. The van der Waals surface area contributed by atoms with Gasteiger partial charge in [-0.2, -0.15) is 0 Å². The summed E-state index contributed by atoms with van der Waals surface area (Å²) in [5, 5.41) is 5.56. The van der Waals surface area contributed by atoms with Gasteiger partial charge in [0.2, 0.25) is 5.91 Å². The number of ketones is 1. The van der Waals surface area contributed by atoms with Gasteiger partial charge in [0.15, 0.2) is 5.78 Å². The van der Waals surface area contributed by atoms with Gasteiger partial charge >= 0.3 is 0 Å². The van der Waals surface area contributed by atoms with Crippen molar-refractivity contribution in [3.8, 4) is 0 Å². The van der Waals surface area contributed by atoms with Crippen molar-refractivity contribution in [2.75, 3.05) is 0 Å². The minimum atomic E-state index is -0.145. The number of thiophene rings is 1. The molecule has 20 heavy (non-hydrogen) atoms. The van der Waals surface area contributed by atoms with Gasteiger partial charge in [-0.3, -0.25) is 9.59 Å². The first-order valence-corrected chi connectivity index (χ1v) is 8.08. The van der Waals surface area contributed by atoms with E-state index in [1.807, 2.05) is 12.3 Å². The van der Waals surface area contributed by atoms with E-state index in [4.69, 9.17) is 11.6 Å². The topological polar surface area (TPSA) is 59.1 Å². The number of hydrogen-bond acceptors (Lipinski definition) is 5. The molecule has 4 nitrogen and oxygen atoms in total. The molecule has 0 unspecified atom stereocenters. The second-order valence-corrected chi connectivity index (χ2v) is 6.84. The third-order valence-corrected chi connectivity index (χ3v) is 4.77. The Morgan fingerprint density at radius 2 is 2.15 bits per heavy atom. The van der Waals surface area contributed by atoms with Crippen LogP contribution in [0, 0.1) is 6.92 Å². The number of amides is 1. The van der Waals surface area contributed by atoms with Crippen molar-refractivity contribution in [3.63, 3.8) is 0 Å². The predicted molar refractivity (Wildman–Crippen MR) is 81.6 cm³/mol. The number of nitrogens with one attached hydrogen (secondary N) is 1. The van der Waals surface area contributed by atoms with Crippen LogP contribution in [0.1, 0.15) is 33.2 Å². The minimum absolute atomic E-state index is 0.0536. The van der Waals surface area contributed by atoms with Crippen LogP contribution in [0.25, 0.3) is 0 Å². The molecule has 0 aliphatic heterocycles. The van der Waals surface area contributed by atoms with Crippen LogP contribution < -0.4 is 5.32 Å². The van der Waals surface area contributed by atoms with E-state index < -0.39 is 0 Å². The first kappa shape index (κ1) is 15.2. The number of aromatic nitrogens is 1. The number of aryl methyl sites for hydroxylation is 1. The molecular weight excluding hydrogens is 316 g/mol. The van der Waals surface area contributed by atoms with Crippen molar-refractivity contribution < 1.29 is 9.59 Å². The lowest BCUT2D eigenvalue weighted by Crippen LogP contribution is -2.23. The zero-order chi connectivity index (χ0) is 14.5. The highest BCUT2D eigenvalue weighted by Crippen LogP contribution is 2.22. The van der Waals surface area contributed by atoms with Gasteiger partial charge < -0.3 is 5.32 Å². The lowest BCUT2D eigenvalue weighted by molar-refractivity contribution is -0.121. The molecule has 0 aliphatic carbocycles. The van der Waals surface area contributed by atoms with E-state index >= 15 is 0 Å². The van der Waals surface area contributed by atoms with Crippen LogP contribution >= 0.6 is 34.3 Å². The van der Waals surface area contributed by atoms with E-state index in [0.717, 1.165) is 10.7 Å². The first-order chi connectivity index (χ1) is 9.54. The molecule has 1 N–H and O–H groups in total. The summed E-state index contributed by atoms with van der Waals surface area (Å²) in [7, 11) is 0. The number of rotatable bonds is 6. The Hall–Kier alpha value is -1.24. The van der Waals surface area contributed by atoms with Gasteiger partial charge in [-0.15, -0.1) is 22.7 Å². The lowest BCUT2D eigenvalue weighted by atomic mass is 10.2. The minimum Gasteiger partial charge on any atom is -0.350 e. The van der Waals surface area contributed by atoms with Gasteiger partial charge in [-0.25, -0.2) is 4.98 Å². The van der Waals surface area contributed by atoms with Crippen molar-refractivity contribution >= 4 is 46.0 Å². The summed E-state index contributed by atoms with van der Waals surface area (Å²) in [5.41, 5.74) is 0.948. The summed E-state index contributed by atoms with van der Waals surface area (Å²) in [6.45, 7) is 2.32. The molecule has 2 rings (SSSR count). The molecule has 1 amide bonds. The average Bonchev–Trinajstić information content (AvgIpc) is 3.02. The van der Waals surface area contributed by atoms with E-state index in [-0.39, 0.29) is 24.5 Å². The monoisotopic (exact) mass is 328 g/mol. The Bertz CT molecular complexity index is 621. The lowest BCUT2D eigenvalue weighted by Gasteiger charge is -2.02. The van der Waals surface area contributed by atoms with Crippen molar-refractivity contribution in [1.82, 2.24) is 10.3 Å². The quantitative estimate of drug-likeness (QED) is 0.826. The fourth-order valence-electron chi connectivity index (χ4n) is 1.56. The van der Waals surface area contributed by atoms with Crippen LogP contribution in [0.3, 0.4) is 0 Å². The van der Waals surface area contributed by atoms with Gasteiger partial charge in [-0.05, 0) is 19.1 Å². The Kier molecular flexibility index (Phi) is 5.28. The summed E-state index contributed by atoms with van der Waals surface area (Å²) in [6.07, 6.45) is 0.373. The first-order valence-electron chi connectivity index (χ1n) is 6.01. The Balaban J connectivity index is 1.73. The Labute approximate surface area is 129 Å². The highest BCUT2D eigenvalue weighted by atomic mass is 35.5. The third-order valence-electron chi connectivity index (χ3n) is 2.53. The molecule has 0 bridgehead atoms. The molecule has 0 aromatic carbocycles. The number of thiazole rings is 1. The van der Waals surface area contributed by atoms with Crippen molar-refractivity contribution in [2.24, 2.45) is 0 Å². The normalized spacial score (nSPS) is 10.5. The Morgan fingerprint density at radius 3 is 2.75 bits per heavy atom. The molecule has 7 heteroatoms. The zero-order valence-electron chi connectivity index (χ0n) is 10.8. The molecule has 2 aromatic heterocycles. The van der Waals surface area contributed by atoms with Crippen LogP contribution in [-0.2, 0) is 11.3 Å². The second-order valence-electron chi connectivity index (χ2n) is 4.19. The number of carbonyl (C=O) groups excluding carboxylic acids is 2. The van der Waals surface area contributed by atoms with Gasteiger partial charge in [-0.1, -0.05) is 11.6 Å². The molecule has 0 radical (unpaired) electrons. The molecule has 0 fully saturated rings. The van der Waals surface area contributed by atoms with E-state index in [1.165, 1.54) is 22.7 Å². The zero-order valence-corrected chi connectivity index (χ0v) is 13.2. The van der Waals surface area contributed by atoms with Gasteiger partial charge in [0.1, 0.15) is 5.01 Å². The largest absolute Gasteiger partial charge is 0.350 e. The standard InChI is InChI=1S/C13H13ClN2O2S2/c1-8-7-19-13(16-8)6-15-12(18)5-2-9(17)10-3-4-11(14)20-10/h3-4,7H,2,5-6H2,1H3,(H,15,18). The predicted octanol–water partition coefficient (Wildman–Crippen LogP) is 3.45. The number of halogens is 1. The van der Waals surface area contributed by atoms with Crippen molar-refractivity contribution in [2.45, 2.75) is 26.3 Å². The van der Waals surface area contributed by atoms with Gasteiger partial charge in [0.05, 0.1) is 15.8 Å². The van der Waals surface area contributed by atoms with Crippen molar-refractivity contribution in [3.05, 3.63) is 37.4 Å². The maximum Gasteiger partial charge on any atom is 0.220 e. The fraction of sp³-hybridized carbons (Fsp3) is 0.308.